The van der Waals surface area contributed by atoms with Gasteiger partial charge in [0.1, 0.15) is 0 Å². The van der Waals surface area contributed by atoms with E-state index in [0.29, 0.717) is 0 Å². The SMILES string of the molecule is CC(C)(C)N1C(=O)c2ccc(C(=O)Nc3ccc(NC(=O)C(F)(F)F)cc3)cc2C1=O. The van der Waals surface area contributed by atoms with Crippen LogP contribution in [0.5, 0.6) is 0 Å². The average Bonchev–Trinajstić information content (AvgIpc) is 2.92. The van der Waals surface area contributed by atoms with Crippen LogP contribution in [0.3, 0.4) is 0 Å². The van der Waals surface area contributed by atoms with Crippen LogP contribution in [0.2, 0.25) is 0 Å². The first-order chi connectivity index (χ1) is 14.3. The minimum atomic E-state index is -5.01. The van der Waals surface area contributed by atoms with Crippen molar-refractivity contribution in [3.8, 4) is 0 Å². The van der Waals surface area contributed by atoms with E-state index in [0.717, 1.165) is 4.90 Å². The molecule has 0 atom stereocenters. The van der Waals surface area contributed by atoms with E-state index in [-0.39, 0.29) is 28.1 Å². The van der Waals surface area contributed by atoms with Crippen molar-refractivity contribution in [2.24, 2.45) is 0 Å². The molecule has 0 bridgehead atoms. The van der Waals surface area contributed by atoms with Crippen LogP contribution in [0.25, 0.3) is 0 Å². The Balaban J connectivity index is 1.74. The highest BCUT2D eigenvalue weighted by atomic mass is 19.4. The molecular formula is C21H18F3N3O4. The number of fused-ring (bicyclic) bond motifs is 1. The van der Waals surface area contributed by atoms with Crippen LogP contribution >= 0.6 is 0 Å². The van der Waals surface area contributed by atoms with Crippen LogP contribution < -0.4 is 10.6 Å². The number of benzene rings is 2. The third-order valence-corrected chi connectivity index (χ3v) is 4.48. The standard InChI is InChI=1S/C21H18F3N3O4/c1-20(2,3)27-17(29)14-9-4-11(10-15(14)18(27)30)16(28)25-12-5-7-13(8-6-12)26-19(31)21(22,23)24/h4-10H,1-3H3,(H,25,28)(H,26,31). The molecule has 0 saturated heterocycles. The molecule has 1 heterocycles. The maximum Gasteiger partial charge on any atom is 0.471 e. The number of anilines is 2. The van der Waals surface area contributed by atoms with Gasteiger partial charge in [-0.15, -0.1) is 0 Å². The van der Waals surface area contributed by atoms with Crippen LogP contribution in [-0.4, -0.2) is 40.2 Å². The highest BCUT2D eigenvalue weighted by Crippen LogP contribution is 2.30. The monoisotopic (exact) mass is 433 g/mol. The fraction of sp³-hybridized carbons (Fsp3) is 0.238. The molecule has 10 heteroatoms. The summed E-state index contributed by atoms with van der Waals surface area (Å²) < 4.78 is 36.9. The first kappa shape index (κ1) is 22.0. The predicted molar refractivity (Wildman–Crippen MR) is 106 cm³/mol. The zero-order valence-corrected chi connectivity index (χ0v) is 16.8. The molecule has 0 spiro atoms. The number of amides is 4. The molecule has 3 rings (SSSR count). The number of carbonyl (C=O) groups excluding carboxylic acids is 4. The van der Waals surface area contributed by atoms with Gasteiger partial charge in [-0.2, -0.15) is 13.2 Å². The van der Waals surface area contributed by atoms with Gasteiger partial charge in [-0.3, -0.25) is 24.1 Å². The number of hydrogen-bond donors (Lipinski definition) is 2. The highest BCUT2D eigenvalue weighted by molar-refractivity contribution is 6.22. The van der Waals surface area contributed by atoms with Crippen molar-refractivity contribution in [2.45, 2.75) is 32.5 Å². The molecule has 2 aromatic carbocycles. The quantitative estimate of drug-likeness (QED) is 0.719. The Hall–Kier alpha value is -3.69. The second-order valence-corrected chi connectivity index (χ2v) is 7.86. The van der Waals surface area contributed by atoms with E-state index in [1.165, 1.54) is 42.5 Å². The minimum absolute atomic E-state index is 0.0933. The Bertz CT molecular complexity index is 1090. The lowest BCUT2D eigenvalue weighted by Crippen LogP contribution is -2.45. The van der Waals surface area contributed by atoms with E-state index in [1.54, 1.807) is 26.1 Å². The van der Waals surface area contributed by atoms with Crippen molar-refractivity contribution in [3.63, 3.8) is 0 Å². The summed E-state index contributed by atoms with van der Waals surface area (Å²) in [5.41, 5.74) is -0.0959. The summed E-state index contributed by atoms with van der Waals surface area (Å²) in [6.07, 6.45) is -5.01. The van der Waals surface area contributed by atoms with Gasteiger partial charge in [-0.1, -0.05) is 0 Å². The largest absolute Gasteiger partial charge is 0.471 e. The Morgan fingerprint density at radius 3 is 1.84 bits per heavy atom. The number of rotatable bonds is 3. The van der Waals surface area contributed by atoms with Crippen molar-refractivity contribution < 1.29 is 32.3 Å². The summed E-state index contributed by atoms with van der Waals surface area (Å²) >= 11 is 0. The van der Waals surface area contributed by atoms with Crippen molar-refractivity contribution in [2.75, 3.05) is 10.6 Å². The summed E-state index contributed by atoms with van der Waals surface area (Å²) in [6.45, 7) is 5.18. The molecule has 0 aliphatic carbocycles. The number of halogens is 3. The molecule has 31 heavy (non-hydrogen) atoms. The summed E-state index contributed by atoms with van der Waals surface area (Å²) in [4.78, 5) is 49.8. The van der Waals surface area contributed by atoms with Gasteiger partial charge in [0.2, 0.25) is 0 Å². The fourth-order valence-corrected chi connectivity index (χ4v) is 3.03. The third kappa shape index (κ3) is 4.42. The van der Waals surface area contributed by atoms with E-state index in [9.17, 15) is 32.3 Å². The smallest absolute Gasteiger partial charge is 0.322 e. The van der Waals surface area contributed by atoms with E-state index in [2.05, 4.69) is 5.32 Å². The summed E-state index contributed by atoms with van der Waals surface area (Å²) in [7, 11) is 0. The van der Waals surface area contributed by atoms with Gasteiger partial charge >= 0.3 is 12.1 Å². The Morgan fingerprint density at radius 1 is 0.806 bits per heavy atom. The predicted octanol–water partition coefficient (Wildman–Crippen LogP) is 3.83. The first-order valence-corrected chi connectivity index (χ1v) is 9.11. The molecule has 2 aromatic rings. The van der Waals surface area contributed by atoms with Gasteiger partial charge in [0, 0.05) is 22.5 Å². The molecule has 0 radical (unpaired) electrons. The Labute approximate surface area is 175 Å². The van der Waals surface area contributed by atoms with Gasteiger partial charge in [-0.25, -0.2) is 0 Å². The molecule has 0 unspecified atom stereocenters. The zero-order chi connectivity index (χ0) is 23.1. The van der Waals surface area contributed by atoms with Crippen molar-refractivity contribution in [1.82, 2.24) is 4.90 Å². The molecule has 162 valence electrons. The molecule has 7 nitrogen and oxygen atoms in total. The maximum atomic E-state index is 12.6. The number of nitrogens with one attached hydrogen (secondary N) is 2. The number of nitrogens with zero attached hydrogens (tertiary/aromatic N) is 1. The second kappa shape index (κ2) is 7.53. The van der Waals surface area contributed by atoms with Crippen molar-refractivity contribution >= 4 is 35.0 Å². The van der Waals surface area contributed by atoms with Gasteiger partial charge in [0.25, 0.3) is 17.7 Å². The third-order valence-electron chi connectivity index (χ3n) is 4.48. The van der Waals surface area contributed by atoms with E-state index in [4.69, 9.17) is 0 Å². The van der Waals surface area contributed by atoms with Gasteiger partial charge < -0.3 is 10.6 Å². The topological polar surface area (TPSA) is 95.6 Å². The normalized spacial score (nSPS) is 13.8. The summed E-state index contributed by atoms with van der Waals surface area (Å²) in [6, 6.07) is 9.17. The summed E-state index contributed by atoms with van der Waals surface area (Å²) in [5, 5.41) is 4.24. The molecule has 0 aromatic heterocycles. The number of hydrogen-bond acceptors (Lipinski definition) is 4. The number of imide groups is 1. The van der Waals surface area contributed by atoms with Crippen LogP contribution in [0.1, 0.15) is 51.8 Å². The van der Waals surface area contributed by atoms with Crippen LogP contribution in [0.4, 0.5) is 24.5 Å². The van der Waals surface area contributed by atoms with Gasteiger partial charge in [0.05, 0.1) is 11.1 Å². The molecule has 1 aliphatic heterocycles. The molecule has 2 N–H and O–H groups in total. The number of carbonyl (C=O) groups is 4. The molecule has 4 amide bonds. The Morgan fingerprint density at radius 2 is 1.32 bits per heavy atom. The van der Waals surface area contributed by atoms with Gasteiger partial charge in [0.15, 0.2) is 0 Å². The second-order valence-electron chi connectivity index (χ2n) is 7.86. The first-order valence-electron chi connectivity index (χ1n) is 9.11. The highest BCUT2D eigenvalue weighted by Gasteiger charge is 2.42. The van der Waals surface area contributed by atoms with E-state index in [1.807, 2.05) is 0 Å². The van der Waals surface area contributed by atoms with Crippen LogP contribution in [0.15, 0.2) is 42.5 Å². The lowest BCUT2D eigenvalue weighted by Gasteiger charge is -2.29. The minimum Gasteiger partial charge on any atom is -0.322 e. The summed E-state index contributed by atoms with van der Waals surface area (Å²) in [5.74, 6) is -3.61. The maximum absolute atomic E-state index is 12.6. The molecular weight excluding hydrogens is 415 g/mol. The van der Waals surface area contributed by atoms with Crippen LogP contribution in [-0.2, 0) is 4.79 Å². The molecule has 1 aliphatic rings. The molecule has 0 fully saturated rings. The zero-order valence-electron chi connectivity index (χ0n) is 16.8. The fourth-order valence-electron chi connectivity index (χ4n) is 3.03. The lowest BCUT2D eigenvalue weighted by atomic mass is 10.1. The van der Waals surface area contributed by atoms with Crippen molar-refractivity contribution in [3.05, 3.63) is 59.2 Å². The van der Waals surface area contributed by atoms with E-state index >= 15 is 0 Å². The average molecular weight is 433 g/mol. The van der Waals surface area contributed by atoms with Crippen LogP contribution in [0, 0.1) is 0 Å². The number of alkyl halides is 3. The van der Waals surface area contributed by atoms with Gasteiger partial charge in [-0.05, 0) is 63.2 Å². The van der Waals surface area contributed by atoms with E-state index < -0.39 is 35.3 Å². The Kier molecular flexibility index (Phi) is 5.35. The molecule has 0 saturated carbocycles. The van der Waals surface area contributed by atoms with Crippen molar-refractivity contribution in [1.29, 1.82) is 0 Å². The lowest BCUT2D eigenvalue weighted by molar-refractivity contribution is -0.167.